The highest BCUT2D eigenvalue weighted by atomic mass is 16.6. The molecule has 0 aliphatic carbocycles. The van der Waals surface area contributed by atoms with E-state index >= 15 is 0 Å². The van der Waals surface area contributed by atoms with E-state index in [1.807, 2.05) is 0 Å². The molecule has 0 aromatic heterocycles. The molecule has 0 aromatic carbocycles. The average Bonchev–Trinajstić information content (AvgIpc) is 2.64. The fourth-order valence-corrected chi connectivity index (χ4v) is 2.74. The van der Waals surface area contributed by atoms with Crippen molar-refractivity contribution in [3.8, 4) is 0 Å². The van der Waals surface area contributed by atoms with Crippen LogP contribution in [0, 0.1) is 5.92 Å². The molecule has 152 valence electrons. The number of ether oxygens (including phenoxy) is 2. The van der Waals surface area contributed by atoms with E-state index < -0.39 is 17.9 Å². The van der Waals surface area contributed by atoms with E-state index in [0.717, 1.165) is 25.7 Å². The minimum Gasteiger partial charge on any atom is -0.465 e. The number of carbonyl (C=O) groups excluding carboxylic acids is 2. The maximum atomic E-state index is 12.1. The molecular formula is C22H40O4. The van der Waals surface area contributed by atoms with Crippen LogP contribution in [-0.4, -0.2) is 25.2 Å². The van der Waals surface area contributed by atoms with E-state index in [2.05, 4.69) is 13.8 Å². The summed E-state index contributed by atoms with van der Waals surface area (Å²) in [5, 5.41) is 0. The highest BCUT2D eigenvalue weighted by Gasteiger charge is 2.26. The first-order chi connectivity index (χ1) is 12.7. The van der Waals surface area contributed by atoms with Crippen molar-refractivity contribution in [1.29, 1.82) is 0 Å². The normalized spacial score (nSPS) is 11.2. The van der Waals surface area contributed by atoms with Crippen LogP contribution < -0.4 is 0 Å². The van der Waals surface area contributed by atoms with E-state index in [4.69, 9.17) is 9.47 Å². The van der Waals surface area contributed by atoms with Gasteiger partial charge < -0.3 is 9.47 Å². The van der Waals surface area contributed by atoms with Crippen molar-refractivity contribution >= 4 is 11.9 Å². The Morgan fingerprint density at radius 2 is 1.08 bits per heavy atom. The van der Waals surface area contributed by atoms with Crippen LogP contribution in [0.1, 0.15) is 97.8 Å². The molecule has 4 heteroatoms. The molecule has 0 aromatic rings. The number of hydrogen-bond acceptors (Lipinski definition) is 4. The summed E-state index contributed by atoms with van der Waals surface area (Å²) in [6.07, 6.45) is 16.9. The van der Waals surface area contributed by atoms with Crippen molar-refractivity contribution in [3.05, 3.63) is 12.2 Å². The van der Waals surface area contributed by atoms with Gasteiger partial charge in [-0.3, -0.25) is 9.59 Å². The summed E-state index contributed by atoms with van der Waals surface area (Å²) in [6.45, 7) is 6.92. The van der Waals surface area contributed by atoms with Crippen LogP contribution in [0.5, 0.6) is 0 Å². The number of hydrogen-bond donors (Lipinski definition) is 0. The number of rotatable bonds is 17. The molecule has 0 fully saturated rings. The molecule has 0 saturated heterocycles. The molecule has 0 radical (unpaired) electrons. The zero-order chi connectivity index (χ0) is 19.5. The third-order valence-corrected chi connectivity index (χ3v) is 4.38. The lowest BCUT2D eigenvalue weighted by Gasteiger charge is -2.12. The van der Waals surface area contributed by atoms with Gasteiger partial charge in [0, 0.05) is 0 Å². The molecule has 0 spiro atoms. The summed E-state index contributed by atoms with van der Waals surface area (Å²) < 4.78 is 10.5. The summed E-state index contributed by atoms with van der Waals surface area (Å²) in [6, 6.07) is 0. The van der Waals surface area contributed by atoms with Gasteiger partial charge in [-0.25, -0.2) is 0 Å². The molecule has 0 atom stereocenters. The van der Waals surface area contributed by atoms with Gasteiger partial charge in [-0.2, -0.15) is 0 Å². The number of carbonyl (C=O) groups is 2. The first-order valence-electron chi connectivity index (χ1n) is 10.6. The van der Waals surface area contributed by atoms with E-state index in [1.165, 1.54) is 51.4 Å². The van der Waals surface area contributed by atoms with Crippen molar-refractivity contribution in [2.45, 2.75) is 97.8 Å². The van der Waals surface area contributed by atoms with E-state index in [-0.39, 0.29) is 0 Å². The molecule has 0 amide bonds. The summed E-state index contributed by atoms with van der Waals surface area (Å²) in [5.41, 5.74) is 0. The van der Waals surface area contributed by atoms with Crippen molar-refractivity contribution in [2.75, 3.05) is 13.2 Å². The molecule has 0 heterocycles. The summed E-state index contributed by atoms with van der Waals surface area (Å²) in [7, 11) is 0. The monoisotopic (exact) mass is 368 g/mol. The molecule has 0 saturated carbocycles. The second kappa shape index (κ2) is 18.5. The minimum atomic E-state index is -0.930. The van der Waals surface area contributed by atoms with Gasteiger partial charge in [0.2, 0.25) is 0 Å². The Bertz CT molecular complexity index is 346. The van der Waals surface area contributed by atoms with Crippen molar-refractivity contribution in [3.63, 3.8) is 0 Å². The van der Waals surface area contributed by atoms with Gasteiger partial charge in [0.05, 0.1) is 13.2 Å². The van der Waals surface area contributed by atoms with Gasteiger partial charge in [-0.05, 0) is 19.8 Å². The molecule has 26 heavy (non-hydrogen) atoms. The summed E-state index contributed by atoms with van der Waals surface area (Å²) >= 11 is 0. The summed E-state index contributed by atoms with van der Waals surface area (Å²) in [4.78, 5) is 24.3. The second-order valence-corrected chi connectivity index (χ2v) is 6.87. The highest BCUT2D eigenvalue weighted by Crippen LogP contribution is 2.10. The topological polar surface area (TPSA) is 52.6 Å². The third kappa shape index (κ3) is 13.9. The number of unbranched alkanes of at least 4 members (excludes halogenated alkanes) is 10. The first kappa shape index (κ1) is 24.7. The zero-order valence-electron chi connectivity index (χ0n) is 17.3. The third-order valence-electron chi connectivity index (χ3n) is 4.38. The molecule has 0 aliphatic rings. The molecule has 0 rings (SSSR count). The van der Waals surface area contributed by atoms with Crippen molar-refractivity contribution in [2.24, 2.45) is 5.92 Å². The van der Waals surface area contributed by atoms with Crippen LogP contribution in [0.4, 0.5) is 0 Å². The Morgan fingerprint density at radius 1 is 0.692 bits per heavy atom. The van der Waals surface area contributed by atoms with Crippen LogP contribution in [0.3, 0.4) is 0 Å². The fraction of sp³-hybridized carbons (Fsp3) is 0.818. The number of esters is 2. The Kier molecular flexibility index (Phi) is 17.5. The first-order valence-corrected chi connectivity index (χ1v) is 10.6. The fourth-order valence-electron chi connectivity index (χ4n) is 2.74. The van der Waals surface area contributed by atoms with Crippen molar-refractivity contribution in [1.82, 2.24) is 0 Å². The Labute approximate surface area is 160 Å². The maximum Gasteiger partial charge on any atom is 0.324 e. The van der Waals surface area contributed by atoms with Crippen LogP contribution in [0.25, 0.3) is 0 Å². The largest absolute Gasteiger partial charge is 0.465 e. The second-order valence-electron chi connectivity index (χ2n) is 6.87. The lowest BCUT2D eigenvalue weighted by atomic mass is 10.1. The van der Waals surface area contributed by atoms with Gasteiger partial charge in [-0.1, -0.05) is 90.2 Å². The van der Waals surface area contributed by atoms with Gasteiger partial charge in [0.25, 0.3) is 0 Å². The smallest absolute Gasteiger partial charge is 0.324 e. The van der Waals surface area contributed by atoms with Crippen LogP contribution >= 0.6 is 0 Å². The van der Waals surface area contributed by atoms with Crippen molar-refractivity contribution < 1.29 is 19.1 Å². The number of allylic oxidation sites excluding steroid dienone is 1. The van der Waals surface area contributed by atoms with E-state index in [0.29, 0.717) is 13.2 Å². The standard InChI is InChI=1S/C22H40O4/c1-4-7-9-11-13-15-18-25-21(23)20(17-6-3)22(24)26-19-16-14-12-10-8-5-2/h6,17,20H,4-5,7-16,18-19H2,1-3H3/b17-6-. The SMILES string of the molecule is C/C=C\C(C(=O)OCCCCCCCC)C(=O)OCCCCCCCC. The van der Waals surface area contributed by atoms with Gasteiger partial charge in [0.15, 0.2) is 5.92 Å². The lowest BCUT2D eigenvalue weighted by molar-refractivity contribution is -0.159. The molecule has 0 N–H and O–H groups in total. The average molecular weight is 369 g/mol. The van der Waals surface area contributed by atoms with Gasteiger partial charge >= 0.3 is 11.9 Å². The quantitative estimate of drug-likeness (QED) is 0.137. The molecule has 0 bridgehead atoms. The molecular weight excluding hydrogens is 328 g/mol. The minimum absolute atomic E-state index is 0.379. The highest BCUT2D eigenvalue weighted by molar-refractivity contribution is 5.96. The zero-order valence-corrected chi connectivity index (χ0v) is 17.3. The van der Waals surface area contributed by atoms with E-state index in [9.17, 15) is 9.59 Å². The Morgan fingerprint density at radius 3 is 1.46 bits per heavy atom. The van der Waals surface area contributed by atoms with Crippen LogP contribution in [0.15, 0.2) is 12.2 Å². The molecule has 0 aliphatic heterocycles. The predicted octanol–water partition coefficient (Wildman–Crippen LogP) is 5.99. The predicted molar refractivity (Wildman–Crippen MR) is 107 cm³/mol. The lowest BCUT2D eigenvalue weighted by Crippen LogP contribution is -2.27. The molecule has 4 nitrogen and oxygen atoms in total. The summed E-state index contributed by atoms with van der Waals surface area (Å²) in [5.74, 6) is -1.92. The van der Waals surface area contributed by atoms with Crippen LogP contribution in [-0.2, 0) is 19.1 Å². The van der Waals surface area contributed by atoms with Gasteiger partial charge in [0.1, 0.15) is 0 Å². The maximum absolute atomic E-state index is 12.1. The van der Waals surface area contributed by atoms with Gasteiger partial charge in [-0.15, -0.1) is 0 Å². The Balaban J connectivity index is 3.96. The molecule has 0 unspecified atom stereocenters. The Hall–Kier alpha value is -1.32. The van der Waals surface area contributed by atoms with Crippen LogP contribution in [0.2, 0.25) is 0 Å². The van der Waals surface area contributed by atoms with E-state index in [1.54, 1.807) is 19.1 Å².